The first-order valence-electron chi connectivity index (χ1n) is 6.92. The van der Waals surface area contributed by atoms with Crippen molar-refractivity contribution in [2.45, 2.75) is 25.8 Å². The van der Waals surface area contributed by atoms with Gasteiger partial charge in [0.1, 0.15) is 0 Å². The van der Waals surface area contributed by atoms with Crippen molar-refractivity contribution in [3.8, 4) is 0 Å². The lowest BCUT2D eigenvalue weighted by Crippen LogP contribution is -2.27. The standard InChI is InChI=1S/C12H21N5O/c1-2-8-17(7-1)12-14-11(18-15-12)10-16-6-3-4-13-5-9-16/h13H,1-10H2. The van der Waals surface area contributed by atoms with Crippen LogP contribution in [0.5, 0.6) is 0 Å². The first kappa shape index (κ1) is 11.9. The monoisotopic (exact) mass is 251 g/mol. The van der Waals surface area contributed by atoms with Crippen LogP contribution in [0.3, 0.4) is 0 Å². The second kappa shape index (κ2) is 5.67. The molecule has 2 aliphatic rings. The summed E-state index contributed by atoms with van der Waals surface area (Å²) in [6, 6.07) is 0. The fourth-order valence-electron chi connectivity index (χ4n) is 2.61. The first-order valence-corrected chi connectivity index (χ1v) is 6.92. The van der Waals surface area contributed by atoms with Crippen LogP contribution in [0.2, 0.25) is 0 Å². The van der Waals surface area contributed by atoms with E-state index in [1.165, 1.54) is 19.3 Å². The lowest BCUT2D eigenvalue weighted by atomic mass is 10.4. The Morgan fingerprint density at radius 3 is 2.83 bits per heavy atom. The third-order valence-corrected chi connectivity index (χ3v) is 3.64. The van der Waals surface area contributed by atoms with Gasteiger partial charge in [0, 0.05) is 26.2 Å². The van der Waals surface area contributed by atoms with Crippen molar-refractivity contribution in [3.63, 3.8) is 0 Å². The van der Waals surface area contributed by atoms with Gasteiger partial charge in [-0.25, -0.2) is 0 Å². The van der Waals surface area contributed by atoms with Crippen molar-refractivity contribution in [3.05, 3.63) is 5.89 Å². The molecule has 1 N–H and O–H groups in total. The number of rotatable bonds is 3. The average molecular weight is 251 g/mol. The molecular weight excluding hydrogens is 230 g/mol. The predicted molar refractivity (Wildman–Crippen MR) is 68.5 cm³/mol. The zero-order chi connectivity index (χ0) is 12.2. The molecule has 1 aromatic heterocycles. The molecule has 0 spiro atoms. The molecule has 6 heteroatoms. The highest BCUT2D eigenvalue weighted by atomic mass is 16.5. The predicted octanol–water partition coefficient (Wildman–Crippen LogP) is 0.465. The minimum Gasteiger partial charge on any atom is -0.338 e. The van der Waals surface area contributed by atoms with Gasteiger partial charge in [-0.15, -0.1) is 0 Å². The normalized spacial score (nSPS) is 22.3. The summed E-state index contributed by atoms with van der Waals surface area (Å²) in [5.74, 6) is 1.52. The number of hydrogen-bond donors (Lipinski definition) is 1. The van der Waals surface area contributed by atoms with Crippen LogP contribution in [0.25, 0.3) is 0 Å². The Labute approximate surface area is 107 Å². The third-order valence-electron chi connectivity index (χ3n) is 3.64. The first-order chi connectivity index (χ1) is 8.92. The molecule has 0 unspecified atom stereocenters. The van der Waals surface area contributed by atoms with E-state index in [9.17, 15) is 0 Å². The van der Waals surface area contributed by atoms with E-state index in [0.717, 1.165) is 57.7 Å². The summed E-state index contributed by atoms with van der Waals surface area (Å²) < 4.78 is 5.36. The van der Waals surface area contributed by atoms with Crippen LogP contribution in [-0.4, -0.2) is 54.3 Å². The second-order valence-corrected chi connectivity index (χ2v) is 5.06. The third kappa shape index (κ3) is 2.81. The van der Waals surface area contributed by atoms with E-state index in [0.29, 0.717) is 0 Å². The van der Waals surface area contributed by atoms with E-state index in [-0.39, 0.29) is 0 Å². The Balaban J connectivity index is 1.58. The van der Waals surface area contributed by atoms with Gasteiger partial charge >= 0.3 is 0 Å². The maximum absolute atomic E-state index is 5.36. The molecule has 0 amide bonds. The van der Waals surface area contributed by atoms with Gasteiger partial charge in [-0.2, -0.15) is 4.98 Å². The summed E-state index contributed by atoms with van der Waals surface area (Å²) >= 11 is 0. The maximum Gasteiger partial charge on any atom is 0.266 e. The number of aromatic nitrogens is 2. The molecule has 0 atom stereocenters. The molecular formula is C12H21N5O. The molecule has 6 nitrogen and oxygen atoms in total. The van der Waals surface area contributed by atoms with E-state index in [4.69, 9.17) is 4.52 Å². The summed E-state index contributed by atoms with van der Waals surface area (Å²) in [6.45, 7) is 7.23. The van der Waals surface area contributed by atoms with Crippen molar-refractivity contribution < 1.29 is 4.52 Å². The van der Waals surface area contributed by atoms with E-state index in [1.54, 1.807) is 0 Å². The lowest BCUT2D eigenvalue weighted by Gasteiger charge is -2.16. The molecule has 3 rings (SSSR count). The van der Waals surface area contributed by atoms with Gasteiger partial charge in [-0.05, 0) is 37.5 Å². The minimum atomic E-state index is 0.749. The highest BCUT2D eigenvalue weighted by Gasteiger charge is 2.19. The van der Waals surface area contributed by atoms with Gasteiger partial charge in [-0.3, -0.25) is 4.90 Å². The van der Waals surface area contributed by atoms with E-state index in [1.807, 2.05) is 0 Å². The highest BCUT2D eigenvalue weighted by Crippen LogP contribution is 2.16. The minimum absolute atomic E-state index is 0.749. The summed E-state index contributed by atoms with van der Waals surface area (Å²) in [5.41, 5.74) is 0. The van der Waals surface area contributed by atoms with Crippen LogP contribution in [0.4, 0.5) is 5.95 Å². The summed E-state index contributed by atoms with van der Waals surface area (Å²) in [6.07, 6.45) is 3.66. The fourth-order valence-corrected chi connectivity index (χ4v) is 2.61. The Kier molecular flexibility index (Phi) is 3.75. The SMILES string of the molecule is C1CNCCN(Cc2nc(N3CCCC3)no2)C1. The fraction of sp³-hybridized carbons (Fsp3) is 0.833. The smallest absolute Gasteiger partial charge is 0.266 e. The van der Waals surface area contributed by atoms with Crippen LogP contribution in [0.15, 0.2) is 4.52 Å². The molecule has 1 aromatic rings. The molecule has 0 aliphatic carbocycles. The van der Waals surface area contributed by atoms with Gasteiger partial charge < -0.3 is 14.7 Å². The van der Waals surface area contributed by atoms with Gasteiger partial charge in [-0.1, -0.05) is 0 Å². The van der Waals surface area contributed by atoms with E-state index >= 15 is 0 Å². The van der Waals surface area contributed by atoms with Crippen LogP contribution in [0, 0.1) is 0 Å². The molecule has 0 bridgehead atoms. The molecule has 18 heavy (non-hydrogen) atoms. The Bertz CT molecular complexity index is 366. The molecule has 100 valence electrons. The Morgan fingerprint density at radius 1 is 1.06 bits per heavy atom. The Hall–Kier alpha value is -1.14. The van der Waals surface area contributed by atoms with Gasteiger partial charge in [0.2, 0.25) is 5.89 Å². The topological polar surface area (TPSA) is 57.4 Å². The maximum atomic E-state index is 5.36. The average Bonchev–Trinajstić information content (AvgIpc) is 2.98. The number of hydrogen-bond acceptors (Lipinski definition) is 6. The van der Waals surface area contributed by atoms with Gasteiger partial charge in [0.15, 0.2) is 0 Å². The molecule has 0 radical (unpaired) electrons. The van der Waals surface area contributed by atoms with Crippen LogP contribution in [-0.2, 0) is 6.54 Å². The summed E-state index contributed by atoms with van der Waals surface area (Å²) in [4.78, 5) is 9.08. The van der Waals surface area contributed by atoms with Gasteiger partial charge in [0.05, 0.1) is 6.54 Å². The van der Waals surface area contributed by atoms with Gasteiger partial charge in [0.25, 0.3) is 5.95 Å². The number of nitrogens with zero attached hydrogens (tertiary/aromatic N) is 4. The molecule has 0 saturated carbocycles. The summed E-state index contributed by atoms with van der Waals surface area (Å²) in [7, 11) is 0. The molecule has 2 aliphatic heterocycles. The second-order valence-electron chi connectivity index (χ2n) is 5.06. The number of nitrogens with one attached hydrogen (secondary N) is 1. The van der Waals surface area contributed by atoms with Crippen molar-refractivity contribution in [1.82, 2.24) is 20.4 Å². The summed E-state index contributed by atoms with van der Waals surface area (Å²) in [5, 5.41) is 7.48. The van der Waals surface area contributed by atoms with E-state index < -0.39 is 0 Å². The quantitative estimate of drug-likeness (QED) is 0.842. The van der Waals surface area contributed by atoms with Crippen LogP contribution in [0.1, 0.15) is 25.2 Å². The molecule has 2 fully saturated rings. The lowest BCUT2D eigenvalue weighted by molar-refractivity contribution is 0.239. The number of anilines is 1. The zero-order valence-corrected chi connectivity index (χ0v) is 10.8. The van der Waals surface area contributed by atoms with Crippen molar-refractivity contribution in [1.29, 1.82) is 0 Å². The van der Waals surface area contributed by atoms with Crippen LogP contribution < -0.4 is 10.2 Å². The zero-order valence-electron chi connectivity index (χ0n) is 10.8. The van der Waals surface area contributed by atoms with Crippen LogP contribution >= 0.6 is 0 Å². The molecule has 2 saturated heterocycles. The molecule has 3 heterocycles. The largest absolute Gasteiger partial charge is 0.338 e. The Morgan fingerprint density at radius 2 is 1.94 bits per heavy atom. The molecule has 0 aromatic carbocycles. The van der Waals surface area contributed by atoms with Crippen molar-refractivity contribution in [2.75, 3.05) is 44.2 Å². The van der Waals surface area contributed by atoms with Crippen molar-refractivity contribution in [2.24, 2.45) is 0 Å². The van der Waals surface area contributed by atoms with Crippen molar-refractivity contribution >= 4 is 5.95 Å². The van der Waals surface area contributed by atoms with E-state index in [2.05, 4.69) is 25.3 Å². The highest BCUT2D eigenvalue weighted by molar-refractivity contribution is 5.28.